The zero-order valence-corrected chi connectivity index (χ0v) is 7.47. The molecule has 0 bridgehead atoms. The van der Waals surface area contributed by atoms with Crippen LogP contribution in [0.3, 0.4) is 0 Å². The Hall–Kier alpha value is -1.64. The number of rotatable bonds is 0. The summed E-state index contributed by atoms with van der Waals surface area (Å²) < 4.78 is 0. The molecule has 0 fully saturated rings. The van der Waals surface area contributed by atoms with Crippen LogP contribution in [0, 0.1) is 6.92 Å². The van der Waals surface area contributed by atoms with E-state index in [0.29, 0.717) is 5.56 Å². The molecule has 1 heterocycles. The van der Waals surface area contributed by atoms with Gasteiger partial charge in [-0.15, -0.1) is 0 Å². The number of fused-ring (bicyclic) bond motifs is 1. The van der Waals surface area contributed by atoms with Crippen molar-refractivity contribution in [3.63, 3.8) is 0 Å². The highest BCUT2D eigenvalue weighted by Gasteiger charge is 2.26. The second-order valence-corrected chi connectivity index (χ2v) is 3.24. The molecule has 0 saturated heterocycles. The molecule has 0 atom stereocenters. The van der Waals surface area contributed by atoms with Gasteiger partial charge in [0.2, 0.25) is 11.6 Å². The lowest BCUT2D eigenvalue weighted by molar-refractivity contribution is -0.111. The molecule has 0 aromatic carbocycles. The van der Waals surface area contributed by atoms with Crippen LogP contribution in [0.1, 0.15) is 28.5 Å². The van der Waals surface area contributed by atoms with E-state index in [9.17, 15) is 9.59 Å². The third-order valence-corrected chi connectivity index (χ3v) is 2.27. The number of H-pyrrole nitrogens is 1. The molecular weight excluding hydrogens is 166 g/mol. The van der Waals surface area contributed by atoms with Gasteiger partial charge in [0.15, 0.2) is 0 Å². The molecule has 0 spiro atoms. The quantitative estimate of drug-likeness (QED) is 0.607. The molecule has 0 aliphatic heterocycles. The van der Waals surface area contributed by atoms with Crippen molar-refractivity contribution < 1.29 is 9.59 Å². The molecule has 66 valence electrons. The Kier molecular flexibility index (Phi) is 1.49. The first-order valence-corrected chi connectivity index (χ1v) is 4.06. The van der Waals surface area contributed by atoms with Crippen molar-refractivity contribution in [1.82, 2.24) is 4.98 Å². The number of hydrogen-bond acceptors (Lipinski definition) is 2. The van der Waals surface area contributed by atoms with Crippen molar-refractivity contribution in [2.75, 3.05) is 0 Å². The van der Waals surface area contributed by atoms with Gasteiger partial charge in [-0.25, -0.2) is 0 Å². The predicted octanol–water partition coefficient (Wildman–Crippen LogP) is 1.49. The first-order valence-electron chi connectivity index (χ1n) is 4.06. The number of carbonyl (C=O) groups excluding carboxylic acids is 2. The lowest BCUT2D eigenvalue weighted by Gasteiger charge is -2.08. The van der Waals surface area contributed by atoms with Crippen LogP contribution in [0.15, 0.2) is 12.3 Å². The lowest BCUT2D eigenvalue weighted by Crippen LogP contribution is -2.17. The summed E-state index contributed by atoms with van der Waals surface area (Å²) >= 11 is 0. The molecule has 1 aliphatic carbocycles. The Morgan fingerprint density at radius 1 is 1.23 bits per heavy atom. The Morgan fingerprint density at radius 3 is 2.62 bits per heavy atom. The average Bonchev–Trinajstić information content (AvgIpc) is 2.44. The van der Waals surface area contributed by atoms with Crippen LogP contribution < -0.4 is 0 Å². The minimum Gasteiger partial charge on any atom is -0.361 e. The molecule has 0 saturated carbocycles. The number of nitrogens with one attached hydrogen (secondary N) is 1. The minimum absolute atomic E-state index is 0.403. The summed E-state index contributed by atoms with van der Waals surface area (Å²) in [6, 6.07) is 0. The third kappa shape index (κ3) is 0.967. The number of aromatic amines is 1. The van der Waals surface area contributed by atoms with E-state index in [1.54, 1.807) is 6.20 Å². The topological polar surface area (TPSA) is 49.9 Å². The van der Waals surface area contributed by atoms with E-state index >= 15 is 0 Å². The van der Waals surface area contributed by atoms with Crippen LogP contribution in [0.2, 0.25) is 0 Å². The number of carbonyl (C=O) groups is 2. The number of aryl methyl sites for hydroxylation is 1. The number of hydrogen-bond donors (Lipinski definition) is 1. The summed E-state index contributed by atoms with van der Waals surface area (Å²) in [6.45, 7) is 3.64. The second kappa shape index (κ2) is 2.42. The summed E-state index contributed by atoms with van der Waals surface area (Å²) in [6.07, 6.45) is 3.12. The van der Waals surface area contributed by atoms with E-state index in [2.05, 4.69) is 4.98 Å². The summed E-state index contributed by atoms with van der Waals surface area (Å²) in [5.41, 5.74) is 2.97. The smallest absolute Gasteiger partial charge is 0.235 e. The van der Waals surface area contributed by atoms with Gasteiger partial charge < -0.3 is 4.98 Å². The summed E-state index contributed by atoms with van der Waals surface area (Å²) in [4.78, 5) is 25.6. The maximum absolute atomic E-state index is 11.4. The first kappa shape index (κ1) is 7.98. The van der Waals surface area contributed by atoms with Crippen molar-refractivity contribution in [2.24, 2.45) is 0 Å². The molecule has 3 nitrogen and oxygen atoms in total. The molecule has 13 heavy (non-hydrogen) atoms. The van der Waals surface area contributed by atoms with E-state index in [0.717, 1.165) is 16.8 Å². The average molecular weight is 175 g/mol. The van der Waals surface area contributed by atoms with Crippen molar-refractivity contribution in [2.45, 2.75) is 13.8 Å². The van der Waals surface area contributed by atoms with E-state index in [1.165, 1.54) is 6.08 Å². The number of Topliss-reactive ketones (excluding diaryl/α,β-unsaturated/α-hetero) is 1. The largest absolute Gasteiger partial charge is 0.361 e. The highest BCUT2D eigenvalue weighted by molar-refractivity contribution is 6.50. The molecule has 0 radical (unpaired) electrons. The first-order chi connectivity index (χ1) is 6.11. The van der Waals surface area contributed by atoms with Crippen molar-refractivity contribution >= 4 is 17.1 Å². The van der Waals surface area contributed by atoms with Gasteiger partial charge in [0.05, 0.1) is 11.3 Å². The summed E-state index contributed by atoms with van der Waals surface area (Å²) in [5, 5.41) is 0. The van der Waals surface area contributed by atoms with Gasteiger partial charge in [-0.3, -0.25) is 9.59 Å². The molecule has 1 aliphatic rings. The molecule has 1 aromatic rings. The fourth-order valence-corrected chi connectivity index (χ4v) is 1.58. The second-order valence-electron chi connectivity index (χ2n) is 3.24. The number of aromatic nitrogens is 1. The van der Waals surface area contributed by atoms with Crippen molar-refractivity contribution in [3.8, 4) is 0 Å². The molecule has 0 unspecified atom stereocenters. The monoisotopic (exact) mass is 175 g/mol. The molecule has 3 heteroatoms. The Morgan fingerprint density at radius 2 is 1.92 bits per heavy atom. The molecule has 0 amide bonds. The summed E-state index contributed by atoms with van der Waals surface area (Å²) in [5.74, 6) is -0.827. The van der Waals surface area contributed by atoms with E-state index in [-0.39, 0.29) is 0 Å². The van der Waals surface area contributed by atoms with Crippen LogP contribution in [0.25, 0.3) is 5.57 Å². The van der Waals surface area contributed by atoms with Crippen LogP contribution >= 0.6 is 0 Å². The third-order valence-electron chi connectivity index (χ3n) is 2.27. The van der Waals surface area contributed by atoms with Crippen LogP contribution in [0.5, 0.6) is 0 Å². The fraction of sp³-hybridized carbons (Fsp3) is 0.200. The van der Waals surface area contributed by atoms with Gasteiger partial charge in [0, 0.05) is 6.20 Å². The Balaban J connectivity index is 2.75. The minimum atomic E-state index is -0.423. The van der Waals surface area contributed by atoms with Crippen LogP contribution in [0.4, 0.5) is 0 Å². The van der Waals surface area contributed by atoms with Crippen LogP contribution in [-0.4, -0.2) is 16.6 Å². The number of ketones is 2. The van der Waals surface area contributed by atoms with Gasteiger partial charge in [-0.2, -0.15) is 0 Å². The molecule has 2 rings (SSSR count). The SMILES string of the molecule is CC1=CC(=O)C(=O)c2c(C)c[nH]c21. The van der Waals surface area contributed by atoms with Crippen molar-refractivity contribution in [3.05, 3.63) is 29.1 Å². The highest BCUT2D eigenvalue weighted by Crippen LogP contribution is 2.25. The van der Waals surface area contributed by atoms with E-state index < -0.39 is 11.6 Å². The maximum Gasteiger partial charge on any atom is 0.235 e. The maximum atomic E-state index is 11.4. The fourth-order valence-electron chi connectivity index (χ4n) is 1.58. The highest BCUT2D eigenvalue weighted by atomic mass is 16.2. The van der Waals surface area contributed by atoms with Crippen molar-refractivity contribution in [1.29, 1.82) is 0 Å². The van der Waals surface area contributed by atoms with Gasteiger partial charge in [0.25, 0.3) is 0 Å². The van der Waals surface area contributed by atoms with Gasteiger partial charge in [-0.1, -0.05) is 0 Å². The predicted molar refractivity (Wildman–Crippen MR) is 48.5 cm³/mol. The zero-order valence-electron chi connectivity index (χ0n) is 7.47. The van der Waals surface area contributed by atoms with Gasteiger partial charge >= 0.3 is 0 Å². The van der Waals surface area contributed by atoms with Gasteiger partial charge in [0.1, 0.15) is 0 Å². The Labute approximate surface area is 75.5 Å². The zero-order chi connectivity index (χ0) is 9.59. The standard InChI is InChI=1S/C10H9NO2/c1-5-3-7(12)10(13)8-6(2)4-11-9(5)8/h3-4,11H,1-2H3. The normalized spacial score (nSPS) is 15.7. The molecule has 1 N–H and O–H groups in total. The molecule has 1 aromatic heterocycles. The van der Waals surface area contributed by atoms with E-state index in [1.807, 2.05) is 13.8 Å². The Bertz CT molecular complexity index is 438. The van der Waals surface area contributed by atoms with Crippen LogP contribution in [-0.2, 0) is 4.79 Å². The summed E-state index contributed by atoms with van der Waals surface area (Å²) in [7, 11) is 0. The number of allylic oxidation sites excluding steroid dienone is 2. The van der Waals surface area contributed by atoms with Gasteiger partial charge in [-0.05, 0) is 31.1 Å². The lowest BCUT2D eigenvalue weighted by atomic mass is 9.94. The molecular formula is C10H9NO2. The van der Waals surface area contributed by atoms with E-state index in [4.69, 9.17) is 0 Å².